The van der Waals surface area contributed by atoms with Gasteiger partial charge in [-0.2, -0.15) is 4.31 Å². The average molecular weight is 302 g/mol. The standard InChI is InChI=1S/C10H14N4O5S/c11-12-9-7-8(14(15)16)1-2-10(9)20(17,18)13-3-5-19-6-4-13/h1-2,7,12H,3-6,11H2. The third-order valence-corrected chi connectivity index (χ3v) is 4.87. The average Bonchev–Trinajstić information content (AvgIpc) is 2.47. The molecule has 1 fully saturated rings. The summed E-state index contributed by atoms with van der Waals surface area (Å²) >= 11 is 0. The van der Waals surface area contributed by atoms with E-state index in [9.17, 15) is 18.5 Å². The molecule has 1 saturated heterocycles. The van der Waals surface area contributed by atoms with Crippen molar-refractivity contribution in [3.8, 4) is 0 Å². The maximum absolute atomic E-state index is 12.5. The van der Waals surface area contributed by atoms with Crippen molar-refractivity contribution in [1.29, 1.82) is 0 Å². The Balaban J connectivity index is 2.42. The van der Waals surface area contributed by atoms with Crippen LogP contribution in [0.15, 0.2) is 23.1 Å². The van der Waals surface area contributed by atoms with E-state index in [2.05, 4.69) is 5.43 Å². The van der Waals surface area contributed by atoms with Gasteiger partial charge in [-0.15, -0.1) is 0 Å². The zero-order valence-corrected chi connectivity index (χ0v) is 11.3. The molecule has 20 heavy (non-hydrogen) atoms. The van der Waals surface area contributed by atoms with Crippen LogP contribution in [-0.4, -0.2) is 43.9 Å². The molecule has 0 radical (unpaired) electrons. The van der Waals surface area contributed by atoms with Crippen LogP contribution in [0.1, 0.15) is 0 Å². The first kappa shape index (κ1) is 14.7. The van der Waals surface area contributed by atoms with E-state index in [0.717, 1.165) is 12.1 Å². The topological polar surface area (TPSA) is 128 Å². The number of non-ortho nitro benzene ring substituents is 1. The first-order chi connectivity index (χ1) is 9.46. The zero-order chi connectivity index (χ0) is 14.8. The molecule has 10 heteroatoms. The fourth-order valence-corrected chi connectivity index (χ4v) is 3.44. The molecule has 110 valence electrons. The Bertz CT molecular complexity index is 612. The molecule has 1 aliphatic rings. The number of hydrogen-bond donors (Lipinski definition) is 2. The largest absolute Gasteiger partial charge is 0.379 e. The lowest BCUT2D eigenvalue weighted by Gasteiger charge is -2.26. The molecule has 0 aliphatic carbocycles. The Morgan fingerprint density at radius 1 is 1.35 bits per heavy atom. The van der Waals surface area contributed by atoms with Gasteiger partial charge in [-0.25, -0.2) is 8.42 Å². The van der Waals surface area contributed by atoms with Gasteiger partial charge >= 0.3 is 0 Å². The number of sulfonamides is 1. The number of anilines is 1. The highest BCUT2D eigenvalue weighted by Gasteiger charge is 2.29. The van der Waals surface area contributed by atoms with Crippen LogP contribution in [0.5, 0.6) is 0 Å². The molecular formula is C10H14N4O5S. The number of benzene rings is 1. The summed E-state index contributed by atoms with van der Waals surface area (Å²) in [6.07, 6.45) is 0. The summed E-state index contributed by atoms with van der Waals surface area (Å²) in [5.74, 6) is 5.27. The Labute approximate surface area is 115 Å². The Kier molecular flexibility index (Phi) is 4.18. The summed E-state index contributed by atoms with van der Waals surface area (Å²) in [6.45, 7) is 1.11. The summed E-state index contributed by atoms with van der Waals surface area (Å²) in [5.41, 5.74) is 1.95. The molecule has 0 unspecified atom stereocenters. The lowest BCUT2D eigenvalue weighted by Crippen LogP contribution is -2.40. The number of rotatable bonds is 4. The number of nitro groups is 1. The van der Waals surface area contributed by atoms with Gasteiger partial charge in [-0.3, -0.25) is 16.0 Å². The number of nitrogen functional groups attached to an aromatic ring is 1. The third-order valence-electron chi connectivity index (χ3n) is 2.92. The number of morpholine rings is 1. The van der Waals surface area contributed by atoms with Gasteiger partial charge in [0.15, 0.2) is 0 Å². The molecule has 1 aromatic rings. The van der Waals surface area contributed by atoms with E-state index in [4.69, 9.17) is 10.6 Å². The van der Waals surface area contributed by atoms with Crippen LogP contribution in [0.2, 0.25) is 0 Å². The van der Waals surface area contributed by atoms with Gasteiger partial charge in [0, 0.05) is 25.2 Å². The second-order valence-electron chi connectivity index (χ2n) is 4.10. The van der Waals surface area contributed by atoms with Crippen LogP contribution in [0.3, 0.4) is 0 Å². The first-order valence-corrected chi connectivity index (χ1v) is 7.24. The van der Waals surface area contributed by atoms with Gasteiger partial charge in [0.25, 0.3) is 5.69 Å². The normalized spacial score (nSPS) is 16.9. The molecule has 3 N–H and O–H groups in total. The van der Waals surface area contributed by atoms with Crippen molar-refractivity contribution in [2.75, 3.05) is 31.7 Å². The quantitative estimate of drug-likeness (QED) is 0.451. The van der Waals surface area contributed by atoms with Crippen LogP contribution in [0.25, 0.3) is 0 Å². The van der Waals surface area contributed by atoms with E-state index in [1.54, 1.807) is 0 Å². The Morgan fingerprint density at radius 2 is 2.00 bits per heavy atom. The molecule has 1 aromatic carbocycles. The number of nitro benzene ring substituents is 1. The van der Waals surface area contributed by atoms with Crippen molar-refractivity contribution in [2.24, 2.45) is 5.84 Å². The van der Waals surface area contributed by atoms with E-state index in [0.29, 0.717) is 13.2 Å². The van der Waals surface area contributed by atoms with E-state index in [1.165, 1.54) is 10.4 Å². The molecule has 1 aliphatic heterocycles. The van der Waals surface area contributed by atoms with Gasteiger partial charge in [0.2, 0.25) is 10.0 Å². The number of nitrogens with two attached hydrogens (primary N) is 1. The summed E-state index contributed by atoms with van der Waals surface area (Å²) in [6, 6.07) is 3.40. The SMILES string of the molecule is NNc1cc([N+](=O)[O-])ccc1S(=O)(=O)N1CCOCC1. The van der Waals surface area contributed by atoms with E-state index < -0.39 is 14.9 Å². The predicted octanol–water partition coefficient (Wildman–Crippen LogP) is -0.0987. The fraction of sp³-hybridized carbons (Fsp3) is 0.400. The summed E-state index contributed by atoms with van der Waals surface area (Å²) in [5, 5.41) is 10.7. The fourth-order valence-electron chi connectivity index (χ4n) is 1.90. The van der Waals surface area contributed by atoms with E-state index in [-0.39, 0.29) is 29.4 Å². The highest BCUT2D eigenvalue weighted by Crippen LogP contribution is 2.28. The molecule has 1 heterocycles. The number of hydrazine groups is 1. The predicted molar refractivity (Wildman–Crippen MR) is 70.5 cm³/mol. The molecule has 0 spiro atoms. The number of hydrogen-bond acceptors (Lipinski definition) is 7. The van der Waals surface area contributed by atoms with Gasteiger partial charge in [0.1, 0.15) is 4.90 Å². The maximum atomic E-state index is 12.5. The minimum Gasteiger partial charge on any atom is -0.379 e. The van der Waals surface area contributed by atoms with Crippen molar-refractivity contribution >= 4 is 21.4 Å². The first-order valence-electron chi connectivity index (χ1n) is 5.80. The highest BCUT2D eigenvalue weighted by atomic mass is 32.2. The van der Waals surface area contributed by atoms with E-state index in [1.807, 2.05) is 0 Å². The monoisotopic (exact) mass is 302 g/mol. The van der Waals surface area contributed by atoms with Crippen molar-refractivity contribution in [3.05, 3.63) is 28.3 Å². The summed E-state index contributed by atoms with van der Waals surface area (Å²) < 4.78 is 31.3. The molecule has 0 saturated carbocycles. The van der Waals surface area contributed by atoms with Crippen molar-refractivity contribution in [3.63, 3.8) is 0 Å². The van der Waals surface area contributed by atoms with Gasteiger partial charge in [-0.05, 0) is 6.07 Å². The molecule has 0 bridgehead atoms. The number of ether oxygens (including phenoxy) is 1. The zero-order valence-electron chi connectivity index (χ0n) is 10.5. The van der Waals surface area contributed by atoms with Gasteiger partial charge in [-0.1, -0.05) is 0 Å². The molecule has 9 nitrogen and oxygen atoms in total. The third kappa shape index (κ3) is 2.72. The number of nitrogens with one attached hydrogen (secondary N) is 1. The lowest BCUT2D eigenvalue weighted by atomic mass is 10.3. The smallest absolute Gasteiger partial charge is 0.271 e. The van der Waals surface area contributed by atoms with Crippen LogP contribution < -0.4 is 11.3 Å². The van der Waals surface area contributed by atoms with Gasteiger partial charge < -0.3 is 10.2 Å². The minimum atomic E-state index is -3.76. The van der Waals surface area contributed by atoms with Crippen molar-refractivity contribution < 1.29 is 18.1 Å². The van der Waals surface area contributed by atoms with Crippen LogP contribution >= 0.6 is 0 Å². The lowest BCUT2D eigenvalue weighted by molar-refractivity contribution is -0.384. The van der Waals surface area contributed by atoms with Gasteiger partial charge in [0.05, 0.1) is 23.8 Å². The Hall–Kier alpha value is -1.75. The second-order valence-corrected chi connectivity index (χ2v) is 6.00. The molecule has 0 aromatic heterocycles. The summed E-state index contributed by atoms with van der Waals surface area (Å²) in [7, 11) is -3.76. The van der Waals surface area contributed by atoms with Crippen molar-refractivity contribution in [2.45, 2.75) is 4.90 Å². The number of nitrogens with zero attached hydrogens (tertiary/aromatic N) is 2. The Morgan fingerprint density at radius 3 is 2.55 bits per heavy atom. The molecular weight excluding hydrogens is 288 g/mol. The minimum absolute atomic E-state index is 0.00862. The summed E-state index contributed by atoms with van der Waals surface area (Å²) in [4.78, 5) is 9.98. The van der Waals surface area contributed by atoms with Crippen LogP contribution in [0, 0.1) is 10.1 Å². The molecule has 0 atom stereocenters. The highest BCUT2D eigenvalue weighted by molar-refractivity contribution is 7.89. The molecule has 2 rings (SSSR count). The van der Waals surface area contributed by atoms with Crippen LogP contribution in [-0.2, 0) is 14.8 Å². The van der Waals surface area contributed by atoms with E-state index >= 15 is 0 Å². The second kappa shape index (κ2) is 5.71. The van der Waals surface area contributed by atoms with Crippen LogP contribution in [0.4, 0.5) is 11.4 Å². The maximum Gasteiger partial charge on any atom is 0.271 e. The molecule has 0 amide bonds. The van der Waals surface area contributed by atoms with Crippen molar-refractivity contribution in [1.82, 2.24) is 4.31 Å².